The summed E-state index contributed by atoms with van der Waals surface area (Å²) in [5.41, 5.74) is 0.243. The lowest BCUT2D eigenvalue weighted by Crippen LogP contribution is -2.70. The highest BCUT2D eigenvalue weighted by Gasteiger charge is 2.60. The van der Waals surface area contributed by atoms with Crippen molar-refractivity contribution in [2.75, 3.05) is 18.6 Å². The van der Waals surface area contributed by atoms with Crippen LogP contribution in [0.2, 0.25) is 0 Å². The Hall–Kier alpha value is -3.61. The predicted octanol–water partition coefficient (Wildman–Crippen LogP) is 3.04. The second kappa shape index (κ2) is 7.91. The van der Waals surface area contributed by atoms with Crippen molar-refractivity contribution in [2.45, 2.75) is 31.5 Å². The van der Waals surface area contributed by atoms with E-state index in [1.54, 1.807) is 37.5 Å². The number of hydrogen-bond acceptors (Lipinski definition) is 4. The van der Waals surface area contributed by atoms with E-state index in [-0.39, 0.29) is 31.2 Å². The third kappa shape index (κ3) is 3.08. The van der Waals surface area contributed by atoms with Gasteiger partial charge in [0.05, 0.1) is 24.4 Å². The quantitative estimate of drug-likeness (QED) is 0.730. The van der Waals surface area contributed by atoms with E-state index in [0.717, 1.165) is 5.56 Å². The summed E-state index contributed by atoms with van der Waals surface area (Å²) in [4.78, 5) is 43.1. The number of para-hydroxylation sites is 2. The maximum atomic E-state index is 13.8. The molecule has 0 aromatic heterocycles. The van der Waals surface area contributed by atoms with Crippen molar-refractivity contribution in [3.63, 3.8) is 0 Å². The van der Waals surface area contributed by atoms with Crippen LogP contribution in [0.5, 0.6) is 5.75 Å². The number of rotatable bonds is 6. The Balaban J connectivity index is 1.78. The van der Waals surface area contributed by atoms with Gasteiger partial charge in [0.25, 0.3) is 11.8 Å². The number of hydrogen-bond donors (Lipinski definition) is 1. The van der Waals surface area contributed by atoms with E-state index in [1.807, 2.05) is 31.2 Å². The fourth-order valence-electron chi connectivity index (χ4n) is 4.58. The fraction of sp³-hybridized carbons (Fsp3) is 0.292. The number of carbonyl (C=O) groups excluding carboxylic acids is 3. The van der Waals surface area contributed by atoms with Gasteiger partial charge in [-0.2, -0.15) is 0 Å². The van der Waals surface area contributed by atoms with Crippen molar-refractivity contribution >= 4 is 23.4 Å². The molecule has 7 heteroatoms. The van der Waals surface area contributed by atoms with E-state index in [4.69, 9.17) is 4.74 Å². The van der Waals surface area contributed by atoms with Crippen LogP contribution in [0.1, 0.15) is 41.7 Å². The molecular weight excluding hydrogens is 394 g/mol. The number of nitrogens with one attached hydrogen (secondary N) is 1. The van der Waals surface area contributed by atoms with Gasteiger partial charge in [0.2, 0.25) is 11.6 Å². The number of methoxy groups -OCH3 is 1. The highest BCUT2D eigenvalue weighted by molar-refractivity contribution is 6.16. The first-order valence-electron chi connectivity index (χ1n) is 10.2. The van der Waals surface area contributed by atoms with Gasteiger partial charge in [-0.25, -0.2) is 0 Å². The molecule has 2 atom stereocenters. The predicted molar refractivity (Wildman–Crippen MR) is 117 cm³/mol. The molecule has 0 saturated carbocycles. The van der Waals surface area contributed by atoms with Gasteiger partial charge < -0.3 is 15.0 Å². The summed E-state index contributed by atoms with van der Waals surface area (Å²) in [6.07, 6.45) is 1.96. The molecule has 0 spiro atoms. The first-order chi connectivity index (χ1) is 15.0. The van der Waals surface area contributed by atoms with Crippen LogP contribution in [0, 0.1) is 0 Å². The molecule has 3 amide bonds. The van der Waals surface area contributed by atoms with Gasteiger partial charge in [-0.15, -0.1) is 6.58 Å². The maximum Gasteiger partial charge on any atom is 0.267 e. The number of fused-ring (bicyclic) bond motifs is 3. The zero-order chi connectivity index (χ0) is 22.2. The molecule has 2 aromatic carbocycles. The minimum absolute atomic E-state index is 0.146. The van der Waals surface area contributed by atoms with Gasteiger partial charge >= 0.3 is 0 Å². The number of ether oxygens (including phenoxy) is 1. The van der Waals surface area contributed by atoms with Crippen molar-refractivity contribution in [2.24, 2.45) is 0 Å². The normalized spacial score (nSPS) is 20.7. The molecule has 2 aromatic rings. The Morgan fingerprint density at radius 1 is 1.23 bits per heavy atom. The first-order valence-corrected chi connectivity index (χ1v) is 10.2. The number of anilines is 1. The number of nitrogens with zero attached hydrogens (tertiary/aromatic N) is 2. The van der Waals surface area contributed by atoms with E-state index in [1.165, 1.54) is 9.80 Å². The van der Waals surface area contributed by atoms with Crippen molar-refractivity contribution in [1.29, 1.82) is 0 Å². The molecule has 31 heavy (non-hydrogen) atoms. The van der Waals surface area contributed by atoms with Crippen molar-refractivity contribution < 1.29 is 19.1 Å². The Morgan fingerprint density at radius 2 is 1.94 bits per heavy atom. The van der Waals surface area contributed by atoms with Crippen LogP contribution in [-0.4, -0.2) is 41.9 Å². The number of amides is 3. The van der Waals surface area contributed by atoms with Crippen LogP contribution in [0.4, 0.5) is 5.69 Å². The van der Waals surface area contributed by atoms with E-state index < -0.39 is 17.6 Å². The molecule has 0 bridgehead atoms. The topological polar surface area (TPSA) is 79.0 Å². The summed E-state index contributed by atoms with van der Waals surface area (Å²) in [6, 6.07) is 13.9. The molecule has 4 rings (SSSR count). The highest BCUT2D eigenvalue weighted by atomic mass is 16.5. The molecule has 1 fully saturated rings. The minimum Gasteiger partial charge on any atom is -0.496 e. The Bertz CT molecular complexity index is 1070. The standard InChI is InChI=1S/C24H25N3O4/c1-4-15-26-22(29)18-10-5-7-11-19(18)27-21(28)13-14-24(26,27)23(30)25-16(2)17-9-6-8-12-20(17)31-3/h4-12,16H,1,13-15H2,2-3H3,(H,25,30)/t16-,24-/m1/s1. The average Bonchev–Trinajstić information content (AvgIpc) is 3.14. The number of carbonyl (C=O) groups is 3. The van der Waals surface area contributed by atoms with Crippen LogP contribution in [0.3, 0.4) is 0 Å². The lowest BCUT2D eigenvalue weighted by molar-refractivity contribution is -0.134. The van der Waals surface area contributed by atoms with Gasteiger partial charge in [0.15, 0.2) is 0 Å². The van der Waals surface area contributed by atoms with E-state index in [9.17, 15) is 14.4 Å². The zero-order valence-corrected chi connectivity index (χ0v) is 17.6. The molecule has 2 aliphatic rings. The van der Waals surface area contributed by atoms with E-state index in [0.29, 0.717) is 17.0 Å². The van der Waals surface area contributed by atoms with Gasteiger partial charge in [0, 0.05) is 24.9 Å². The average molecular weight is 419 g/mol. The molecule has 2 heterocycles. The molecular formula is C24H25N3O4. The van der Waals surface area contributed by atoms with E-state index in [2.05, 4.69) is 11.9 Å². The van der Waals surface area contributed by atoms with Crippen LogP contribution in [0.15, 0.2) is 61.2 Å². The monoisotopic (exact) mass is 419 g/mol. The van der Waals surface area contributed by atoms with Crippen LogP contribution in [0.25, 0.3) is 0 Å². The van der Waals surface area contributed by atoms with Gasteiger partial charge in [-0.1, -0.05) is 36.4 Å². The Kier molecular flexibility index (Phi) is 5.27. The van der Waals surface area contributed by atoms with Gasteiger partial charge in [0.1, 0.15) is 5.75 Å². The zero-order valence-electron chi connectivity index (χ0n) is 17.6. The summed E-state index contributed by atoms with van der Waals surface area (Å²) in [5, 5.41) is 3.02. The molecule has 7 nitrogen and oxygen atoms in total. The molecule has 0 unspecified atom stereocenters. The fourth-order valence-corrected chi connectivity index (χ4v) is 4.58. The summed E-state index contributed by atoms with van der Waals surface area (Å²) >= 11 is 0. The van der Waals surface area contributed by atoms with Crippen LogP contribution >= 0.6 is 0 Å². The van der Waals surface area contributed by atoms with Crippen molar-refractivity contribution in [1.82, 2.24) is 10.2 Å². The summed E-state index contributed by atoms with van der Waals surface area (Å²) in [7, 11) is 1.58. The second-order valence-electron chi connectivity index (χ2n) is 7.70. The smallest absolute Gasteiger partial charge is 0.267 e. The highest BCUT2D eigenvalue weighted by Crippen LogP contribution is 2.44. The van der Waals surface area contributed by atoms with Gasteiger partial charge in [-0.3, -0.25) is 19.3 Å². The molecule has 1 saturated heterocycles. The maximum absolute atomic E-state index is 13.8. The summed E-state index contributed by atoms with van der Waals surface area (Å²) in [6.45, 7) is 5.75. The first kappa shape index (κ1) is 20.7. The van der Waals surface area contributed by atoms with E-state index >= 15 is 0 Å². The van der Waals surface area contributed by atoms with Crippen LogP contribution in [-0.2, 0) is 9.59 Å². The lowest BCUT2D eigenvalue weighted by Gasteiger charge is -2.49. The molecule has 2 aliphatic heterocycles. The lowest BCUT2D eigenvalue weighted by atomic mass is 9.94. The molecule has 1 N–H and O–H groups in total. The Morgan fingerprint density at radius 3 is 2.68 bits per heavy atom. The third-order valence-corrected chi connectivity index (χ3v) is 6.00. The second-order valence-corrected chi connectivity index (χ2v) is 7.70. The molecule has 160 valence electrons. The Labute approximate surface area is 181 Å². The molecule has 0 aliphatic carbocycles. The minimum atomic E-state index is -1.44. The SMILES string of the molecule is C=CCN1C(=O)c2ccccc2N2C(=O)CC[C@@]12C(=O)N[C@H](C)c1ccccc1OC. The summed E-state index contributed by atoms with van der Waals surface area (Å²) in [5.74, 6) is -0.225. The van der Waals surface area contributed by atoms with Crippen molar-refractivity contribution in [3.05, 3.63) is 72.3 Å². The number of benzene rings is 2. The van der Waals surface area contributed by atoms with Crippen molar-refractivity contribution in [3.8, 4) is 5.75 Å². The largest absolute Gasteiger partial charge is 0.496 e. The van der Waals surface area contributed by atoms with Crippen LogP contribution < -0.4 is 15.0 Å². The molecule has 0 radical (unpaired) electrons. The van der Waals surface area contributed by atoms with Gasteiger partial charge in [-0.05, 0) is 25.1 Å². The third-order valence-electron chi connectivity index (χ3n) is 6.00. The summed E-state index contributed by atoms with van der Waals surface area (Å²) < 4.78 is 5.43.